The van der Waals surface area contributed by atoms with Crippen LogP contribution in [-0.4, -0.2) is 20.6 Å². The zero-order chi connectivity index (χ0) is 13.1. The maximum Gasteiger partial charge on any atom is 0.168 e. The van der Waals surface area contributed by atoms with Crippen LogP contribution in [-0.2, 0) is 11.8 Å². The van der Waals surface area contributed by atoms with Crippen molar-refractivity contribution in [2.75, 3.05) is 0 Å². The monoisotopic (exact) mass is 264 g/mol. The van der Waals surface area contributed by atoms with Crippen molar-refractivity contribution in [1.82, 2.24) is 9.55 Å². The standard InChI is InChI=1S/C14H20N2OS/c1-13(2)9-5-6-14(13,3)11(10(9)17)18-12-15-7-8-16(12)4/h7-9,11H,5-6H2,1-4H3/t9-,11-,14+/m1/s1. The molecule has 1 aromatic rings. The Morgan fingerprint density at radius 3 is 2.67 bits per heavy atom. The predicted octanol–water partition coefficient (Wildman–Crippen LogP) is 2.91. The van der Waals surface area contributed by atoms with Gasteiger partial charge in [-0.15, -0.1) is 0 Å². The van der Waals surface area contributed by atoms with Crippen molar-refractivity contribution in [3.63, 3.8) is 0 Å². The minimum atomic E-state index is 0.0762. The van der Waals surface area contributed by atoms with Gasteiger partial charge in [-0.05, 0) is 23.7 Å². The largest absolute Gasteiger partial charge is 0.329 e. The lowest BCUT2D eigenvalue weighted by atomic mass is 9.71. The zero-order valence-corrected chi connectivity index (χ0v) is 12.3. The van der Waals surface area contributed by atoms with Gasteiger partial charge in [0.2, 0.25) is 0 Å². The predicted molar refractivity (Wildman–Crippen MR) is 72.5 cm³/mol. The Morgan fingerprint density at radius 1 is 1.44 bits per heavy atom. The summed E-state index contributed by atoms with van der Waals surface area (Å²) in [5.41, 5.74) is 0.248. The Bertz CT molecular complexity index is 508. The van der Waals surface area contributed by atoms with Crippen molar-refractivity contribution in [2.24, 2.45) is 23.8 Å². The van der Waals surface area contributed by atoms with Gasteiger partial charge in [-0.3, -0.25) is 4.79 Å². The summed E-state index contributed by atoms with van der Waals surface area (Å²) in [5.74, 6) is 0.696. The van der Waals surface area contributed by atoms with E-state index in [0.29, 0.717) is 5.78 Å². The first-order valence-electron chi connectivity index (χ1n) is 6.55. The number of aryl methyl sites for hydroxylation is 1. The van der Waals surface area contributed by atoms with E-state index in [9.17, 15) is 4.79 Å². The van der Waals surface area contributed by atoms with E-state index in [-0.39, 0.29) is 22.0 Å². The Hall–Kier alpha value is -0.770. The van der Waals surface area contributed by atoms with E-state index in [0.717, 1.165) is 11.6 Å². The number of hydrogen-bond acceptors (Lipinski definition) is 3. The van der Waals surface area contributed by atoms with Crippen LogP contribution in [0.1, 0.15) is 33.6 Å². The lowest BCUT2D eigenvalue weighted by Crippen LogP contribution is -2.35. The average Bonchev–Trinajstić information content (AvgIpc) is 2.82. The second-order valence-electron chi connectivity index (χ2n) is 6.45. The van der Waals surface area contributed by atoms with Crippen LogP contribution in [0.15, 0.2) is 17.6 Å². The minimum Gasteiger partial charge on any atom is -0.329 e. The van der Waals surface area contributed by atoms with Crippen molar-refractivity contribution in [3.8, 4) is 0 Å². The minimum absolute atomic E-state index is 0.0762. The first-order chi connectivity index (χ1) is 8.38. The third-order valence-electron chi connectivity index (χ3n) is 5.48. The van der Waals surface area contributed by atoms with Gasteiger partial charge in [0.1, 0.15) is 5.78 Å². The number of rotatable bonds is 2. The van der Waals surface area contributed by atoms with Crippen LogP contribution in [0.3, 0.4) is 0 Å². The summed E-state index contributed by atoms with van der Waals surface area (Å²) >= 11 is 1.66. The quantitative estimate of drug-likeness (QED) is 0.824. The van der Waals surface area contributed by atoms with E-state index in [4.69, 9.17) is 0 Å². The van der Waals surface area contributed by atoms with Gasteiger partial charge in [0.15, 0.2) is 5.16 Å². The van der Waals surface area contributed by atoms with Crippen LogP contribution >= 0.6 is 11.8 Å². The molecule has 0 saturated heterocycles. The van der Waals surface area contributed by atoms with Crippen LogP contribution in [0.25, 0.3) is 0 Å². The van der Waals surface area contributed by atoms with Crippen molar-refractivity contribution in [1.29, 1.82) is 0 Å². The molecule has 3 rings (SSSR count). The molecule has 2 aliphatic carbocycles. The highest BCUT2D eigenvalue weighted by Gasteiger charge is 2.66. The molecule has 0 N–H and O–H groups in total. The first kappa shape index (κ1) is 12.3. The summed E-state index contributed by atoms with van der Waals surface area (Å²) in [6.45, 7) is 6.82. The van der Waals surface area contributed by atoms with Crippen molar-refractivity contribution in [3.05, 3.63) is 12.4 Å². The van der Waals surface area contributed by atoms with Gasteiger partial charge in [-0.2, -0.15) is 0 Å². The third kappa shape index (κ3) is 1.33. The van der Waals surface area contributed by atoms with Crippen molar-refractivity contribution < 1.29 is 4.79 Å². The molecule has 0 spiro atoms. The molecule has 3 atom stereocenters. The normalized spacial score (nSPS) is 37.4. The number of aromatic nitrogens is 2. The van der Waals surface area contributed by atoms with Crippen LogP contribution < -0.4 is 0 Å². The molecule has 2 saturated carbocycles. The summed E-state index contributed by atoms with van der Waals surface area (Å²) in [5, 5.41) is 1.03. The molecule has 98 valence electrons. The maximum atomic E-state index is 12.6. The van der Waals surface area contributed by atoms with Gasteiger partial charge in [-0.25, -0.2) is 4.98 Å². The van der Waals surface area contributed by atoms with Gasteiger partial charge < -0.3 is 4.57 Å². The third-order valence-corrected chi connectivity index (χ3v) is 7.07. The van der Waals surface area contributed by atoms with Gasteiger partial charge in [0.05, 0.1) is 5.25 Å². The fraction of sp³-hybridized carbons (Fsp3) is 0.714. The number of carbonyl (C=O) groups is 1. The summed E-state index contributed by atoms with van der Waals surface area (Å²) < 4.78 is 2.00. The molecule has 2 aliphatic rings. The summed E-state index contributed by atoms with van der Waals surface area (Å²) in [7, 11) is 1.99. The second-order valence-corrected chi connectivity index (χ2v) is 7.52. The number of imidazole rings is 1. The Kier molecular flexibility index (Phi) is 2.47. The molecule has 0 radical (unpaired) electrons. The van der Waals surface area contributed by atoms with E-state index < -0.39 is 0 Å². The SMILES string of the molecule is Cn1ccnc1S[C@@H]1C(=O)[C@H]2CC[C@]1(C)C2(C)C. The van der Waals surface area contributed by atoms with E-state index in [1.165, 1.54) is 6.42 Å². The molecule has 0 unspecified atom stereocenters. The van der Waals surface area contributed by atoms with Gasteiger partial charge >= 0.3 is 0 Å². The fourth-order valence-electron chi connectivity index (χ4n) is 3.75. The lowest BCUT2D eigenvalue weighted by molar-refractivity contribution is -0.122. The molecular formula is C14H20N2OS. The smallest absolute Gasteiger partial charge is 0.168 e. The Balaban J connectivity index is 1.95. The number of fused-ring (bicyclic) bond motifs is 2. The number of hydrogen-bond donors (Lipinski definition) is 0. The van der Waals surface area contributed by atoms with Crippen LogP contribution in [0.4, 0.5) is 0 Å². The van der Waals surface area contributed by atoms with Gasteiger partial charge in [-0.1, -0.05) is 32.5 Å². The van der Waals surface area contributed by atoms with Gasteiger partial charge in [0, 0.05) is 25.4 Å². The van der Waals surface area contributed by atoms with Crippen molar-refractivity contribution in [2.45, 2.75) is 44.0 Å². The molecule has 0 amide bonds. The number of thioether (sulfide) groups is 1. The number of nitrogens with zero attached hydrogens (tertiary/aromatic N) is 2. The van der Waals surface area contributed by atoms with Crippen LogP contribution in [0.5, 0.6) is 0 Å². The maximum absolute atomic E-state index is 12.6. The molecule has 2 bridgehead atoms. The lowest BCUT2D eigenvalue weighted by Gasteiger charge is -2.37. The second kappa shape index (κ2) is 3.62. The number of Topliss-reactive ketones (excluding diaryl/α,β-unsaturated/α-hetero) is 1. The van der Waals surface area contributed by atoms with E-state index in [1.807, 2.05) is 17.8 Å². The molecule has 1 aromatic heterocycles. The Morgan fingerprint density at radius 2 is 2.17 bits per heavy atom. The summed E-state index contributed by atoms with van der Waals surface area (Å²) in [6, 6.07) is 0. The van der Waals surface area contributed by atoms with Gasteiger partial charge in [0.25, 0.3) is 0 Å². The highest BCUT2D eigenvalue weighted by molar-refractivity contribution is 8.00. The topological polar surface area (TPSA) is 34.9 Å². The molecule has 0 aliphatic heterocycles. The zero-order valence-electron chi connectivity index (χ0n) is 11.4. The molecule has 3 nitrogen and oxygen atoms in total. The summed E-state index contributed by atoms with van der Waals surface area (Å²) in [4.78, 5) is 16.9. The van der Waals surface area contributed by atoms with Crippen LogP contribution in [0.2, 0.25) is 0 Å². The Labute approximate surface area is 112 Å². The molecule has 0 aromatic carbocycles. The molecule has 2 fully saturated rings. The first-order valence-corrected chi connectivity index (χ1v) is 7.43. The van der Waals surface area contributed by atoms with E-state index in [2.05, 4.69) is 25.8 Å². The highest BCUT2D eigenvalue weighted by atomic mass is 32.2. The average molecular weight is 264 g/mol. The number of carbonyl (C=O) groups excluding carboxylic acids is 1. The molecule has 1 heterocycles. The van der Waals surface area contributed by atoms with E-state index in [1.54, 1.807) is 18.0 Å². The molecular weight excluding hydrogens is 244 g/mol. The molecule has 4 heteroatoms. The highest BCUT2D eigenvalue weighted by Crippen LogP contribution is 2.67. The van der Waals surface area contributed by atoms with Crippen LogP contribution in [0, 0.1) is 16.7 Å². The molecule has 18 heavy (non-hydrogen) atoms. The van der Waals surface area contributed by atoms with E-state index >= 15 is 0 Å². The van der Waals surface area contributed by atoms with Crippen molar-refractivity contribution >= 4 is 17.5 Å². The number of ketones is 1. The fourth-order valence-corrected chi connectivity index (χ4v) is 5.27. The summed E-state index contributed by atoms with van der Waals surface area (Å²) in [6.07, 6.45) is 5.97.